The van der Waals surface area contributed by atoms with E-state index in [1.807, 2.05) is 37.3 Å². The molecular weight excluding hydrogens is 386 g/mol. The summed E-state index contributed by atoms with van der Waals surface area (Å²) in [5.41, 5.74) is 3.04. The lowest BCUT2D eigenvalue weighted by molar-refractivity contribution is -0.222. The highest BCUT2D eigenvalue weighted by molar-refractivity contribution is 6.15. The van der Waals surface area contributed by atoms with Gasteiger partial charge in [0.25, 0.3) is 5.79 Å². The number of ether oxygens (including phenoxy) is 2. The standard InChI is InChI=1S/C22H19N3O5/c1-13-7-9-14(10-8-13)18-24-25-19(28-18)15-5-4-6-16(11-15)23-12-17-20(26)29-22(2,3)30-21(17)27/h4-12,23H,1-3H3. The predicted molar refractivity (Wildman–Crippen MR) is 108 cm³/mol. The van der Waals surface area contributed by atoms with Crippen LogP contribution in [0.4, 0.5) is 5.69 Å². The van der Waals surface area contributed by atoms with Gasteiger partial charge in [0, 0.05) is 36.9 Å². The van der Waals surface area contributed by atoms with Gasteiger partial charge in [0.05, 0.1) is 0 Å². The molecule has 0 amide bonds. The summed E-state index contributed by atoms with van der Waals surface area (Å²) >= 11 is 0. The van der Waals surface area contributed by atoms with Crippen LogP contribution in [0.25, 0.3) is 22.9 Å². The van der Waals surface area contributed by atoms with Gasteiger partial charge in [0.2, 0.25) is 11.8 Å². The number of benzene rings is 2. The maximum atomic E-state index is 12.0. The lowest BCUT2D eigenvalue weighted by Gasteiger charge is -2.29. The molecule has 0 bridgehead atoms. The SMILES string of the molecule is Cc1ccc(-c2nnc(-c3cccc(NC=C4C(=O)OC(C)(C)OC4=O)c3)o2)cc1. The van der Waals surface area contributed by atoms with Gasteiger partial charge >= 0.3 is 11.9 Å². The fourth-order valence-corrected chi connectivity index (χ4v) is 2.83. The van der Waals surface area contributed by atoms with Crippen molar-refractivity contribution in [1.82, 2.24) is 10.2 Å². The van der Waals surface area contributed by atoms with Crippen LogP contribution in [0, 0.1) is 6.92 Å². The van der Waals surface area contributed by atoms with E-state index in [1.165, 1.54) is 20.0 Å². The minimum Gasteiger partial charge on any atom is -0.419 e. The van der Waals surface area contributed by atoms with Crippen molar-refractivity contribution in [2.75, 3.05) is 5.32 Å². The number of hydrogen-bond donors (Lipinski definition) is 1. The van der Waals surface area contributed by atoms with E-state index < -0.39 is 17.7 Å². The van der Waals surface area contributed by atoms with Crippen LogP contribution in [0.3, 0.4) is 0 Å². The summed E-state index contributed by atoms with van der Waals surface area (Å²) in [5.74, 6) is -2.02. The Kier molecular flexibility index (Phi) is 4.83. The normalized spacial score (nSPS) is 15.4. The predicted octanol–water partition coefficient (Wildman–Crippen LogP) is 3.84. The van der Waals surface area contributed by atoms with E-state index >= 15 is 0 Å². The van der Waals surface area contributed by atoms with E-state index in [4.69, 9.17) is 13.9 Å². The van der Waals surface area contributed by atoms with Gasteiger partial charge in [-0.1, -0.05) is 23.8 Å². The Balaban J connectivity index is 1.53. The molecule has 0 saturated carbocycles. The van der Waals surface area contributed by atoms with Gasteiger partial charge in [-0.3, -0.25) is 0 Å². The first kappa shape index (κ1) is 19.4. The number of aromatic nitrogens is 2. The number of aryl methyl sites for hydroxylation is 1. The van der Waals surface area contributed by atoms with Crippen molar-refractivity contribution in [3.05, 3.63) is 65.9 Å². The first-order chi connectivity index (χ1) is 14.3. The van der Waals surface area contributed by atoms with Crippen LogP contribution in [0.1, 0.15) is 19.4 Å². The van der Waals surface area contributed by atoms with Gasteiger partial charge in [0.15, 0.2) is 5.57 Å². The summed E-state index contributed by atoms with van der Waals surface area (Å²) in [6, 6.07) is 14.9. The third-order valence-corrected chi connectivity index (χ3v) is 4.33. The topological polar surface area (TPSA) is 104 Å². The molecule has 0 unspecified atom stereocenters. The van der Waals surface area contributed by atoms with Crippen LogP contribution >= 0.6 is 0 Å². The highest BCUT2D eigenvalue weighted by atomic mass is 16.7. The van der Waals surface area contributed by atoms with E-state index in [9.17, 15) is 9.59 Å². The fraction of sp³-hybridized carbons (Fsp3) is 0.182. The van der Waals surface area contributed by atoms with E-state index in [0.29, 0.717) is 23.0 Å². The van der Waals surface area contributed by atoms with Crippen molar-refractivity contribution in [3.8, 4) is 22.9 Å². The zero-order valence-electron chi connectivity index (χ0n) is 16.6. The molecule has 152 valence electrons. The van der Waals surface area contributed by atoms with Crippen molar-refractivity contribution < 1.29 is 23.5 Å². The van der Waals surface area contributed by atoms with Crippen molar-refractivity contribution in [1.29, 1.82) is 0 Å². The summed E-state index contributed by atoms with van der Waals surface area (Å²) in [4.78, 5) is 24.0. The van der Waals surface area contributed by atoms with E-state index in [1.54, 1.807) is 18.2 Å². The largest absolute Gasteiger partial charge is 0.419 e. The molecule has 0 radical (unpaired) electrons. The number of nitrogens with one attached hydrogen (secondary N) is 1. The molecule has 30 heavy (non-hydrogen) atoms. The zero-order chi connectivity index (χ0) is 21.3. The van der Waals surface area contributed by atoms with Crippen molar-refractivity contribution >= 4 is 17.6 Å². The molecule has 2 aromatic carbocycles. The quantitative estimate of drug-likeness (QED) is 0.397. The molecule has 1 N–H and O–H groups in total. The lowest BCUT2D eigenvalue weighted by atomic mass is 10.1. The number of nitrogens with zero attached hydrogens (tertiary/aromatic N) is 2. The fourth-order valence-electron chi connectivity index (χ4n) is 2.83. The van der Waals surface area contributed by atoms with E-state index in [2.05, 4.69) is 15.5 Å². The molecule has 1 fully saturated rings. The smallest absolute Gasteiger partial charge is 0.350 e. The molecule has 8 nitrogen and oxygen atoms in total. The minimum atomic E-state index is -1.28. The highest BCUT2D eigenvalue weighted by Gasteiger charge is 2.38. The summed E-state index contributed by atoms with van der Waals surface area (Å²) < 4.78 is 15.9. The third kappa shape index (κ3) is 4.07. The Labute approximate surface area is 172 Å². The van der Waals surface area contributed by atoms with E-state index in [-0.39, 0.29) is 5.57 Å². The second-order valence-electron chi connectivity index (χ2n) is 7.24. The maximum absolute atomic E-state index is 12.0. The molecule has 1 aliphatic heterocycles. The average Bonchev–Trinajstić information content (AvgIpc) is 3.17. The van der Waals surface area contributed by atoms with Crippen LogP contribution in [-0.2, 0) is 19.1 Å². The number of carbonyl (C=O) groups excluding carboxylic acids is 2. The third-order valence-electron chi connectivity index (χ3n) is 4.33. The Hall–Kier alpha value is -3.94. The Bertz CT molecular complexity index is 1120. The van der Waals surface area contributed by atoms with Gasteiger partial charge in [-0.2, -0.15) is 0 Å². The van der Waals surface area contributed by atoms with E-state index in [0.717, 1.165) is 11.1 Å². The number of esters is 2. The Morgan fingerprint density at radius 2 is 1.53 bits per heavy atom. The van der Waals surface area contributed by atoms with Crippen LogP contribution in [-0.4, -0.2) is 27.9 Å². The Morgan fingerprint density at radius 1 is 0.900 bits per heavy atom. The molecule has 8 heteroatoms. The second kappa shape index (κ2) is 7.47. The van der Waals surface area contributed by atoms with Crippen LogP contribution in [0.5, 0.6) is 0 Å². The molecule has 2 heterocycles. The summed E-state index contributed by atoms with van der Waals surface area (Å²) in [6.45, 7) is 4.99. The molecule has 3 aromatic rings. The summed E-state index contributed by atoms with van der Waals surface area (Å²) in [7, 11) is 0. The molecule has 0 aliphatic carbocycles. The first-order valence-corrected chi connectivity index (χ1v) is 9.25. The van der Waals surface area contributed by atoms with Crippen LogP contribution in [0.15, 0.2) is 64.7 Å². The van der Waals surface area contributed by atoms with Gasteiger partial charge < -0.3 is 19.2 Å². The Morgan fingerprint density at radius 3 is 2.20 bits per heavy atom. The number of rotatable bonds is 4. The number of cyclic esters (lactones) is 2. The monoisotopic (exact) mass is 405 g/mol. The average molecular weight is 405 g/mol. The van der Waals surface area contributed by atoms with Crippen molar-refractivity contribution in [3.63, 3.8) is 0 Å². The molecule has 0 spiro atoms. The number of carbonyl (C=O) groups is 2. The molecule has 1 aromatic heterocycles. The molecule has 0 atom stereocenters. The van der Waals surface area contributed by atoms with Gasteiger partial charge in [-0.05, 0) is 37.3 Å². The van der Waals surface area contributed by atoms with Crippen LogP contribution in [0.2, 0.25) is 0 Å². The van der Waals surface area contributed by atoms with Crippen molar-refractivity contribution in [2.24, 2.45) is 0 Å². The minimum absolute atomic E-state index is 0.223. The van der Waals surface area contributed by atoms with Crippen molar-refractivity contribution in [2.45, 2.75) is 26.6 Å². The van der Waals surface area contributed by atoms with Gasteiger partial charge in [-0.15, -0.1) is 10.2 Å². The molecule has 4 rings (SSSR count). The zero-order valence-corrected chi connectivity index (χ0v) is 16.6. The first-order valence-electron chi connectivity index (χ1n) is 9.25. The molecule has 1 aliphatic rings. The maximum Gasteiger partial charge on any atom is 0.350 e. The highest BCUT2D eigenvalue weighted by Crippen LogP contribution is 2.27. The van der Waals surface area contributed by atoms with Gasteiger partial charge in [0.1, 0.15) is 0 Å². The lowest BCUT2D eigenvalue weighted by Crippen LogP contribution is -2.42. The molecular formula is C22H19N3O5. The number of hydrogen-bond acceptors (Lipinski definition) is 8. The summed E-state index contributed by atoms with van der Waals surface area (Å²) in [5, 5.41) is 11.1. The van der Waals surface area contributed by atoms with Crippen LogP contribution < -0.4 is 5.32 Å². The summed E-state index contributed by atoms with van der Waals surface area (Å²) in [6.07, 6.45) is 1.25. The number of anilines is 1. The molecule has 1 saturated heterocycles. The second-order valence-corrected chi connectivity index (χ2v) is 7.24. The van der Waals surface area contributed by atoms with Gasteiger partial charge in [-0.25, -0.2) is 9.59 Å².